The summed E-state index contributed by atoms with van der Waals surface area (Å²) in [6, 6.07) is 5.15. The van der Waals surface area contributed by atoms with Gasteiger partial charge in [0.1, 0.15) is 6.29 Å². The number of allylic oxidation sites excluding steroid dienone is 1. The SMILES string of the molecule is CC(C=O)=Cc1cc(Cl)cc(Cl)c1. The van der Waals surface area contributed by atoms with E-state index in [2.05, 4.69) is 0 Å². The highest BCUT2D eigenvalue weighted by Gasteiger charge is 1.95. The predicted octanol–water partition coefficient (Wildman–Crippen LogP) is 3.60. The molecule has 0 unspecified atom stereocenters. The number of halogens is 2. The summed E-state index contributed by atoms with van der Waals surface area (Å²) in [6.45, 7) is 1.72. The molecule has 0 amide bonds. The van der Waals surface area contributed by atoms with E-state index in [0.29, 0.717) is 15.6 Å². The monoisotopic (exact) mass is 214 g/mol. The second-order valence-electron chi connectivity index (χ2n) is 2.71. The van der Waals surface area contributed by atoms with Crippen LogP contribution in [0.25, 0.3) is 6.08 Å². The first-order chi connectivity index (χ1) is 6.11. The highest BCUT2D eigenvalue weighted by molar-refractivity contribution is 6.34. The molecule has 0 spiro atoms. The molecule has 0 fully saturated rings. The van der Waals surface area contributed by atoms with E-state index in [-0.39, 0.29) is 0 Å². The molecule has 68 valence electrons. The van der Waals surface area contributed by atoms with Gasteiger partial charge in [0.05, 0.1) is 0 Å². The van der Waals surface area contributed by atoms with Crippen molar-refractivity contribution in [3.8, 4) is 0 Å². The summed E-state index contributed by atoms with van der Waals surface area (Å²) >= 11 is 11.5. The van der Waals surface area contributed by atoms with Crippen molar-refractivity contribution in [2.24, 2.45) is 0 Å². The van der Waals surface area contributed by atoms with Crippen LogP contribution in [0.3, 0.4) is 0 Å². The number of aldehydes is 1. The summed E-state index contributed by atoms with van der Waals surface area (Å²) in [7, 11) is 0. The van der Waals surface area contributed by atoms with Crippen molar-refractivity contribution < 1.29 is 4.79 Å². The van der Waals surface area contributed by atoms with Crippen LogP contribution in [0.4, 0.5) is 0 Å². The van der Waals surface area contributed by atoms with Gasteiger partial charge in [0, 0.05) is 10.0 Å². The van der Waals surface area contributed by atoms with Crippen LogP contribution >= 0.6 is 23.2 Å². The first-order valence-corrected chi connectivity index (χ1v) is 4.47. The average Bonchev–Trinajstić information content (AvgIpc) is 2.02. The maximum atomic E-state index is 10.3. The van der Waals surface area contributed by atoms with Crippen molar-refractivity contribution in [3.63, 3.8) is 0 Å². The quantitative estimate of drug-likeness (QED) is 0.544. The molecule has 0 bridgehead atoms. The summed E-state index contributed by atoms with van der Waals surface area (Å²) in [5.41, 5.74) is 1.47. The third kappa shape index (κ3) is 3.21. The van der Waals surface area contributed by atoms with Gasteiger partial charge in [-0.25, -0.2) is 0 Å². The number of benzene rings is 1. The van der Waals surface area contributed by atoms with E-state index in [1.54, 1.807) is 31.2 Å². The number of hydrogen-bond acceptors (Lipinski definition) is 1. The topological polar surface area (TPSA) is 17.1 Å². The molecule has 0 aromatic heterocycles. The smallest absolute Gasteiger partial charge is 0.145 e. The van der Waals surface area contributed by atoms with Crippen LogP contribution in [0, 0.1) is 0 Å². The maximum absolute atomic E-state index is 10.3. The van der Waals surface area contributed by atoms with Crippen LogP contribution in [0.1, 0.15) is 12.5 Å². The lowest BCUT2D eigenvalue weighted by Gasteiger charge is -1.97. The Balaban J connectivity index is 3.08. The Hall–Kier alpha value is -0.790. The molecule has 1 aromatic carbocycles. The summed E-state index contributed by atoms with van der Waals surface area (Å²) in [5.74, 6) is 0. The number of hydrogen-bond donors (Lipinski definition) is 0. The van der Waals surface area contributed by atoms with E-state index < -0.39 is 0 Å². The molecule has 13 heavy (non-hydrogen) atoms. The normalized spacial score (nSPS) is 11.5. The van der Waals surface area contributed by atoms with Gasteiger partial charge in [0.15, 0.2) is 0 Å². The van der Waals surface area contributed by atoms with E-state index in [9.17, 15) is 4.79 Å². The molecule has 0 aliphatic carbocycles. The molecule has 0 N–H and O–H groups in total. The van der Waals surface area contributed by atoms with Gasteiger partial charge in [-0.15, -0.1) is 0 Å². The van der Waals surface area contributed by atoms with Crippen LogP contribution < -0.4 is 0 Å². The zero-order valence-electron chi connectivity index (χ0n) is 7.05. The van der Waals surface area contributed by atoms with Crippen molar-refractivity contribution in [2.75, 3.05) is 0 Å². The third-order valence-electron chi connectivity index (χ3n) is 1.47. The van der Waals surface area contributed by atoms with Crippen LogP contribution in [-0.4, -0.2) is 6.29 Å². The Morgan fingerprint density at radius 2 is 1.77 bits per heavy atom. The molecule has 0 radical (unpaired) electrons. The van der Waals surface area contributed by atoms with Gasteiger partial charge in [-0.1, -0.05) is 23.2 Å². The lowest BCUT2D eigenvalue weighted by molar-refractivity contribution is -0.104. The molecule has 0 aliphatic rings. The Morgan fingerprint density at radius 1 is 1.23 bits per heavy atom. The van der Waals surface area contributed by atoms with Crippen LogP contribution in [0.2, 0.25) is 10.0 Å². The van der Waals surface area contributed by atoms with Gasteiger partial charge in [-0.3, -0.25) is 4.79 Å². The van der Waals surface area contributed by atoms with Crippen molar-refractivity contribution in [2.45, 2.75) is 6.92 Å². The van der Waals surface area contributed by atoms with Gasteiger partial charge in [-0.2, -0.15) is 0 Å². The zero-order chi connectivity index (χ0) is 9.84. The molecule has 0 saturated heterocycles. The van der Waals surface area contributed by atoms with Gasteiger partial charge >= 0.3 is 0 Å². The Bertz CT molecular complexity index is 336. The standard InChI is InChI=1S/C10H8Cl2O/c1-7(6-13)2-8-3-9(11)5-10(12)4-8/h2-6H,1H3. The molecule has 0 heterocycles. The van der Waals surface area contributed by atoms with E-state index in [4.69, 9.17) is 23.2 Å². The van der Waals surface area contributed by atoms with Crippen molar-refractivity contribution in [3.05, 3.63) is 39.4 Å². The van der Waals surface area contributed by atoms with Gasteiger partial charge in [-0.05, 0) is 42.3 Å². The second kappa shape index (κ2) is 4.45. The molecule has 1 aromatic rings. The number of rotatable bonds is 2. The Labute approximate surface area is 87.0 Å². The van der Waals surface area contributed by atoms with Crippen molar-refractivity contribution in [1.82, 2.24) is 0 Å². The van der Waals surface area contributed by atoms with Crippen LogP contribution in [0.5, 0.6) is 0 Å². The van der Waals surface area contributed by atoms with Gasteiger partial charge in [0.25, 0.3) is 0 Å². The van der Waals surface area contributed by atoms with E-state index in [1.807, 2.05) is 0 Å². The molecule has 1 nitrogen and oxygen atoms in total. The first-order valence-electron chi connectivity index (χ1n) is 3.71. The first kappa shape index (κ1) is 10.3. The molecular weight excluding hydrogens is 207 g/mol. The average molecular weight is 215 g/mol. The summed E-state index contributed by atoms with van der Waals surface area (Å²) < 4.78 is 0. The molecule has 0 saturated carbocycles. The fourth-order valence-electron chi connectivity index (χ4n) is 0.955. The zero-order valence-corrected chi connectivity index (χ0v) is 8.56. The Kier molecular flexibility index (Phi) is 3.52. The summed E-state index contributed by atoms with van der Waals surface area (Å²) in [4.78, 5) is 10.3. The van der Waals surface area contributed by atoms with Crippen LogP contribution in [0.15, 0.2) is 23.8 Å². The van der Waals surface area contributed by atoms with Crippen molar-refractivity contribution >= 4 is 35.6 Å². The van der Waals surface area contributed by atoms with Crippen molar-refractivity contribution in [1.29, 1.82) is 0 Å². The molecule has 0 atom stereocenters. The third-order valence-corrected chi connectivity index (χ3v) is 1.90. The maximum Gasteiger partial charge on any atom is 0.145 e. The van der Waals surface area contributed by atoms with E-state index in [1.165, 1.54) is 0 Å². The minimum Gasteiger partial charge on any atom is -0.298 e. The molecular formula is C10H8Cl2O. The van der Waals surface area contributed by atoms with Crippen LogP contribution in [-0.2, 0) is 4.79 Å². The van der Waals surface area contributed by atoms with E-state index in [0.717, 1.165) is 11.8 Å². The second-order valence-corrected chi connectivity index (χ2v) is 3.58. The highest BCUT2D eigenvalue weighted by Crippen LogP contribution is 2.20. The fourth-order valence-corrected chi connectivity index (χ4v) is 1.50. The minimum absolute atomic E-state index is 0.567. The number of carbonyl (C=O) groups excluding carboxylic acids is 1. The lowest BCUT2D eigenvalue weighted by atomic mass is 10.1. The minimum atomic E-state index is 0.567. The highest BCUT2D eigenvalue weighted by atomic mass is 35.5. The fraction of sp³-hybridized carbons (Fsp3) is 0.100. The molecule has 3 heteroatoms. The summed E-state index contributed by atoms with van der Waals surface area (Å²) in [6.07, 6.45) is 2.51. The predicted molar refractivity (Wildman–Crippen MR) is 56.2 cm³/mol. The Morgan fingerprint density at radius 3 is 2.23 bits per heavy atom. The van der Waals surface area contributed by atoms with E-state index >= 15 is 0 Å². The largest absolute Gasteiger partial charge is 0.298 e. The van der Waals surface area contributed by atoms with Gasteiger partial charge in [0.2, 0.25) is 0 Å². The summed E-state index contributed by atoms with van der Waals surface area (Å²) in [5, 5.41) is 1.13. The number of carbonyl (C=O) groups is 1. The van der Waals surface area contributed by atoms with Gasteiger partial charge < -0.3 is 0 Å². The lowest BCUT2D eigenvalue weighted by Crippen LogP contribution is -1.78. The molecule has 1 rings (SSSR count). The molecule has 0 aliphatic heterocycles.